The minimum absolute atomic E-state index is 0.161. The number of benzene rings is 1. The molecule has 1 heterocycles. The Balaban J connectivity index is 1.83. The van der Waals surface area contributed by atoms with Crippen LogP contribution in [-0.4, -0.2) is 62.7 Å². The molecule has 0 bridgehead atoms. The molecule has 0 aromatic heterocycles. The van der Waals surface area contributed by atoms with E-state index in [0.717, 1.165) is 31.0 Å². The lowest BCUT2D eigenvalue weighted by Gasteiger charge is -2.22. The molecule has 5 heteroatoms. The monoisotopic (exact) mass is 281 g/mol. The summed E-state index contributed by atoms with van der Waals surface area (Å²) < 4.78 is 16.4. The lowest BCUT2D eigenvalue weighted by Crippen LogP contribution is -2.35. The summed E-state index contributed by atoms with van der Waals surface area (Å²) in [5, 5.41) is 9.39. The van der Waals surface area contributed by atoms with Crippen molar-refractivity contribution in [3.8, 4) is 11.5 Å². The van der Waals surface area contributed by atoms with Crippen molar-refractivity contribution < 1.29 is 19.3 Å². The Hall–Kier alpha value is -1.30. The van der Waals surface area contributed by atoms with E-state index in [1.165, 1.54) is 0 Å². The molecule has 0 saturated carbocycles. The first-order valence-corrected chi connectivity index (χ1v) is 6.92. The van der Waals surface area contributed by atoms with Crippen LogP contribution in [0.25, 0.3) is 0 Å². The highest BCUT2D eigenvalue weighted by Crippen LogP contribution is 2.26. The number of nitrogens with zero attached hydrogens (tertiary/aromatic N) is 1. The van der Waals surface area contributed by atoms with Gasteiger partial charge in [0.1, 0.15) is 6.61 Å². The van der Waals surface area contributed by atoms with Crippen molar-refractivity contribution in [1.29, 1.82) is 0 Å². The van der Waals surface area contributed by atoms with Gasteiger partial charge in [0.15, 0.2) is 11.5 Å². The molecule has 112 valence electrons. The molecule has 5 nitrogen and oxygen atoms in total. The van der Waals surface area contributed by atoms with Gasteiger partial charge in [-0.15, -0.1) is 0 Å². The van der Waals surface area contributed by atoms with Crippen LogP contribution in [0.4, 0.5) is 0 Å². The van der Waals surface area contributed by atoms with Crippen molar-refractivity contribution in [2.45, 2.75) is 18.6 Å². The summed E-state index contributed by atoms with van der Waals surface area (Å²) in [5.41, 5.74) is 0. The molecule has 2 atom stereocenters. The van der Waals surface area contributed by atoms with Crippen LogP contribution < -0.4 is 9.47 Å². The van der Waals surface area contributed by atoms with Crippen molar-refractivity contribution in [1.82, 2.24) is 4.90 Å². The molecule has 1 aliphatic rings. The third kappa shape index (κ3) is 3.62. The summed E-state index contributed by atoms with van der Waals surface area (Å²) in [5.74, 6) is 1.49. The van der Waals surface area contributed by atoms with Crippen LogP contribution in [0.15, 0.2) is 24.3 Å². The average Bonchev–Trinajstić information content (AvgIpc) is 2.90. The molecule has 2 rings (SSSR count). The maximum absolute atomic E-state index is 9.39. The number of aliphatic hydroxyl groups is 1. The number of rotatable bonds is 7. The SMILES string of the molecule is COc1ccccc1OCCN1C[C@@H](OC)C[C@H]1CO. The Kier molecular flexibility index (Phi) is 5.64. The molecule has 1 aromatic carbocycles. The fourth-order valence-corrected chi connectivity index (χ4v) is 2.58. The predicted octanol–water partition coefficient (Wildman–Crippen LogP) is 1.16. The van der Waals surface area contributed by atoms with E-state index in [0.29, 0.717) is 6.61 Å². The fraction of sp³-hybridized carbons (Fsp3) is 0.600. The second kappa shape index (κ2) is 7.47. The summed E-state index contributed by atoms with van der Waals surface area (Å²) in [4.78, 5) is 2.21. The molecule has 1 fully saturated rings. The second-order valence-electron chi connectivity index (χ2n) is 4.92. The Labute approximate surface area is 120 Å². The fourth-order valence-electron chi connectivity index (χ4n) is 2.58. The van der Waals surface area contributed by atoms with Crippen molar-refractivity contribution in [3.63, 3.8) is 0 Å². The quantitative estimate of drug-likeness (QED) is 0.812. The number of ether oxygens (including phenoxy) is 3. The first-order valence-electron chi connectivity index (χ1n) is 6.92. The first-order chi connectivity index (χ1) is 9.78. The zero-order chi connectivity index (χ0) is 14.4. The maximum Gasteiger partial charge on any atom is 0.161 e. The molecule has 1 aromatic rings. The first kappa shape index (κ1) is 15.1. The molecule has 0 amide bonds. The molecule has 1 aliphatic heterocycles. The van der Waals surface area contributed by atoms with Gasteiger partial charge in [0, 0.05) is 26.2 Å². The molecule has 0 radical (unpaired) electrons. The van der Waals surface area contributed by atoms with E-state index in [-0.39, 0.29) is 18.8 Å². The Morgan fingerprint density at radius 2 is 2.00 bits per heavy atom. The average molecular weight is 281 g/mol. The van der Waals surface area contributed by atoms with E-state index in [2.05, 4.69) is 4.90 Å². The number of aliphatic hydroxyl groups excluding tert-OH is 1. The van der Waals surface area contributed by atoms with Crippen molar-refractivity contribution >= 4 is 0 Å². The highest BCUT2D eigenvalue weighted by Gasteiger charge is 2.31. The van der Waals surface area contributed by atoms with Gasteiger partial charge in [-0.3, -0.25) is 4.90 Å². The van der Waals surface area contributed by atoms with E-state index < -0.39 is 0 Å². The second-order valence-corrected chi connectivity index (χ2v) is 4.92. The predicted molar refractivity (Wildman–Crippen MR) is 76.3 cm³/mol. The minimum Gasteiger partial charge on any atom is -0.493 e. The zero-order valence-electron chi connectivity index (χ0n) is 12.1. The van der Waals surface area contributed by atoms with Crippen LogP contribution >= 0.6 is 0 Å². The van der Waals surface area contributed by atoms with Gasteiger partial charge in [-0.05, 0) is 18.6 Å². The smallest absolute Gasteiger partial charge is 0.161 e. The van der Waals surface area contributed by atoms with Gasteiger partial charge in [-0.25, -0.2) is 0 Å². The van der Waals surface area contributed by atoms with Crippen LogP contribution in [0.2, 0.25) is 0 Å². The summed E-state index contributed by atoms with van der Waals surface area (Å²) in [6, 6.07) is 7.77. The maximum atomic E-state index is 9.39. The number of hydrogen-bond acceptors (Lipinski definition) is 5. The molecular weight excluding hydrogens is 258 g/mol. The van der Waals surface area contributed by atoms with E-state index in [4.69, 9.17) is 14.2 Å². The summed E-state index contributed by atoms with van der Waals surface area (Å²) in [6.45, 7) is 2.34. The van der Waals surface area contributed by atoms with Gasteiger partial charge < -0.3 is 19.3 Å². The van der Waals surface area contributed by atoms with E-state index in [9.17, 15) is 5.11 Å². The molecule has 0 unspecified atom stereocenters. The number of hydrogen-bond donors (Lipinski definition) is 1. The van der Waals surface area contributed by atoms with Crippen molar-refractivity contribution in [2.24, 2.45) is 0 Å². The van der Waals surface area contributed by atoms with Gasteiger partial charge in [0.25, 0.3) is 0 Å². The van der Waals surface area contributed by atoms with Crippen LogP contribution in [-0.2, 0) is 4.74 Å². The topological polar surface area (TPSA) is 51.2 Å². The van der Waals surface area contributed by atoms with Crippen molar-refractivity contribution in [3.05, 3.63) is 24.3 Å². The normalized spacial score (nSPS) is 22.9. The molecular formula is C15H23NO4. The third-order valence-corrected chi connectivity index (χ3v) is 3.74. The molecule has 1 N–H and O–H groups in total. The van der Waals surface area contributed by atoms with Gasteiger partial charge in [-0.2, -0.15) is 0 Å². The lowest BCUT2D eigenvalue weighted by atomic mass is 10.2. The highest BCUT2D eigenvalue weighted by atomic mass is 16.5. The van der Waals surface area contributed by atoms with Gasteiger partial charge in [0.05, 0.1) is 19.8 Å². The number of methoxy groups -OCH3 is 2. The standard InChI is InChI=1S/C15H23NO4/c1-18-13-9-12(11-17)16(10-13)7-8-20-15-6-4-3-5-14(15)19-2/h3-6,12-13,17H,7-11H2,1-2H3/t12-,13-/m0/s1. The molecule has 0 spiro atoms. The summed E-state index contributed by atoms with van der Waals surface area (Å²) >= 11 is 0. The van der Waals surface area contributed by atoms with Gasteiger partial charge in [-0.1, -0.05) is 12.1 Å². The molecule has 1 saturated heterocycles. The van der Waals surface area contributed by atoms with E-state index in [1.807, 2.05) is 24.3 Å². The van der Waals surface area contributed by atoms with Crippen LogP contribution in [0.1, 0.15) is 6.42 Å². The minimum atomic E-state index is 0.161. The van der Waals surface area contributed by atoms with Crippen LogP contribution in [0.5, 0.6) is 11.5 Å². The Morgan fingerprint density at radius 1 is 1.25 bits per heavy atom. The lowest BCUT2D eigenvalue weighted by molar-refractivity contribution is 0.105. The van der Waals surface area contributed by atoms with Crippen molar-refractivity contribution in [2.75, 3.05) is 40.5 Å². The number of likely N-dealkylation sites (tertiary alicyclic amines) is 1. The molecule has 20 heavy (non-hydrogen) atoms. The van der Waals surface area contributed by atoms with Crippen LogP contribution in [0, 0.1) is 0 Å². The van der Waals surface area contributed by atoms with Gasteiger partial charge in [0.2, 0.25) is 0 Å². The van der Waals surface area contributed by atoms with Crippen LogP contribution in [0.3, 0.4) is 0 Å². The highest BCUT2D eigenvalue weighted by molar-refractivity contribution is 5.39. The van der Waals surface area contributed by atoms with Gasteiger partial charge >= 0.3 is 0 Å². The number of para-hydroxylation sites is 2. The summed E-state index contributed by atoms with van der Waals surface area (Å²) in [6.07, 6.45) is 1.08. The third-order valence-electron chi connectivity index (χ3n) is 3.74. The Bertz CT molecular complexity index is 413. The Morgan fingerprint density at radius 3 is 2.65 bits per heavy atom. The summed E-state index contributed by atoms with van der Waals surface area (Å²) in [7, 11) is 3.35. The molecule has 0 aliphatic carbocycles. The van der Waals surface area contributed by atoms with E-state index in [1.54, 1.807) is 14.2 Å². The van der Waals surface area contributed by atoms with E-state index >= 15 is 0 Å². The zero-order valence-corrected chi connectivity index (χ0v) is 12.1. The largest absolute Gasteiger partial charge is 0.493 e.